The quantitative estimate of drug-likeness (QED) is 0.396. The van der Waals surface area contributed by atoms with Gasteiger partial charge in [-0.3, -0.25) is 9.59 Å². The SMILES string of the molecule is CC1=C(C(=O)Nc2ccc(Cl)cc2)[C@@H](c2ccco2)C(C#N)=C(SCC(=O)N2CCCc3ccccc32)N1. The second kappa shape index (κ2) is 11.2. The number of carbonyl (C=O) groups excluding carboxylic acids is 2. The van der Waals surface area contributed by atoms with Gasteiger partial charge in [-0.1, -0.05) is 41.6 Å². The first-order valence-corrected chi connectivity index (χ1v) is 13.6. The van der Waals surface area contributed by atoms with Gasteiger partial charge in [-0.15, -0.1) is 0 Å². The van der Waals surface area contributed by atoms with Crippen LogP contribution < -0.4 is 15.5 Å². The van der Waals surface area contributed by atoms with E-state index in [1.165, 1.54) is 18.0 Å². The highest BCUT2D eigenvalue weighted by molar-refractivity contribution is 8.03. The second-order valence-electron chi connectivity index (χ2n) is 8.99. The predicted molar refractivity (Wildman–Crippen MR) is 150 cm³/mol. The highest BCUT2D eigenvalue weighted by Crippen LogP contribution is 2.41. The van der Waals surface area contributed by atoms with Crippen LogP contribution in [0.25, 0.3) is 0 Å². The zero-order chi connectivity index (χ0) is 26.6. The Morgan fingerprint density at radius 3 is 2.71 bits per heavy atom. The van der Waals surface area contributed by atoms with Crippen molar-refractivity contribution < 1.29 is 14.0 Å². The minimum absolute atomic E-state index is 0.0313. The van der Waals surface area contributed by atoms with Gasteiger partial charge < -0.3 is 20.0 Å². The van der Waals surface area contributed by atoms with Gasteiger partial charge in [0.2, 0.25) is 5.91 Å². The first-order chi connectivity index (χ1) is 18.5. The van der Waals surface area contributed by atoms with Crippen molar-refractivity contribution in [3.8, 4) is 6.07 Å². The molecule has 3 aromatic rings. The van der Waals surface area contributed by atoms with Crippen LogP contribution in [0.15, 0.2) is 93.2 Å². The van der Waals surface area contributed by atoms with E-state index in [9.17, 15) is 14.9 Å². The lowest BCUT2D eigenvalue weighted by atomic mass is 9.85. The molecule has 0 spiro atoms. The van der Waals surface area contributed by atoms with Gasteiger partial charge in [-0.25, -0.2) is 0 Å². The molecule has 7 nitrogen and oxygen atoms in total. The van der Waals surface area contributed by atoms with E-state index in [1.54, 1.807) is 43.3 Å². The van der Waals surface area contributed by atoms with Crippen LogP contribution >= 0.6 is 23.4 Å². The van der Waals surface area contributed by atoms with Crippen molar-refractivity contribution in [3.63, 3.8) is 0 Å². The number of anilines is 2. The topological polar surface area (TPSA) is 98.4 Å². The maximum atomic E-state index is 13.4. The Hall–Kier alpha value is -3.93. The number of thioether (sulfide) groups is 1. The average molecular weight is 545 g/mol. The number of hydrogen-bond acceptors (Lipinski definition) is 6. The summed E-state index contributed by atoms with van der Waals surface area (Å²) in [7, 11) is 0. The summed E-state index contributed by atoms with van der Waals surface area (Å²) in [5.74, 6) is -0.505. The summed E-state index contributed by atoms with van der Waals surface area (Å²) in [5.41, 5.74) is 3.96. The Morgan fingerprint density at radius 1 is 1.18 bits per heavy atom. The van der Waals surface area contributed by atoms with Crippen molar-refractivity contribution in [1.29, 1.82) is 5.26 Å². The third-order valence-electron chi connectivity index (χ3n) is 6.57. The number of furan rings is 1. The van der Waals surface area contributed by atoms with E-state index in [2.05, 4.69) is 22.8 Å². The van der Waals surface area contributed by atoms with E-state index >= 15 is 0 Å². The molecule has 2 aromatic carbocycles. The molecule has 1 aromatic heterocycles. The second-order valence-corrected chi connectivity index (χ2v) is 10.4. The number of allylic oxidation sites excluding steroid dienone is 2. The van der Waals surface area contributed by atoms with Crippen molar-refractivity contribution in [2.24, 2.45) is 0 Å². The first kappa shape index (κ1) is 25.7. The molecule has 2 N–H and O–H groups in total. The van der Waals surface area contributed by atoms with Gasteiger partial charge in [-0.2, -0.15) is 5.26 Å². The van der Waals surface area contributed by atoms with Gasteiger partial charge in [0.25, 0.3) is 5.91 Å². The van der Waals surface area contributed by atoms with Crippen LogP contribution in [-0.4, -0.2) is 24.1 Å². The van der Waals surface area contributed by atoms with Crippen LogP contribution in [-0.2, 0) is 16.0 Å². The molecule has 3 heterocycles. The molecule has 2 amide bonds. The molecule has 9 heteroatoms. The van der Waals surface area contributed by atoms with Crippen molar-refractivity contribution in [2.75, 3.05) is 22.5 Å². The summed E-state index contributed by atoms with van der Waals surface area (Å²) in [6, 6.07) is 20.5. The number of benzene rings is 2. The number of carbonyl (C=O) groups is 2. The summed E-state index contributed by atoms with van der Waals surface area (Å²) < 4.78 is 5.68. The standard InChI is InChI=1S/C29H25ClN4O3S/c1-18-26(28(36)33-21-12-10-20(30)11-13-21)27(24-9-5-15-37-24)22(16-31)29(32-18)38-17-25(35)34-14-4-7-19-6-2-3-8-23(19)34/h2-3,5-6,8-13,15,27,32H,4,7,14,17H2,1H3,(H,33,36)/t27-/m1/s1. The number of amides is 2. The van der Waals surface area contributed by atoms with Gasteiger partial charge in [0.05, 0.1) is 40.2 Å². The van der Waals surface area contributed by atoms with Crippen LogP contribution in [0.4, 0.5) is 11.4 Å². The molecule has 2 aliphatic rings. The number of para-hydroxylation sites is 1. The van der Waals surface area contributed by atoms with Crippen molar-refractivity contribution >= 4 is 46.6 Å². The molecular formula is C29H25ClN4O3S. The minimum Gasteiger partial charge on any atom is -0.468 e. The largest absolute Gasteiger partial charge is 0.468 e. The number of fused-ring (bicyclic) bond motifs is 1. The Kier molecular flexibility index (Phi) is 7.59. The number of rotatable bonds is 6. The lowest BCUT2D eigenvalue weighted by Crippen LogP contribution is -2.37. The maximum Gasteiger partial charge on any atom is 0.254 e. The fourth-order valence-electron chi connectivity index (χ4n) is 4.80. The van der Waals surface area contributed by atoms with Crippen LogP contribution in [0.5, 0.6) is 0 Å². The Bertz CT molecular complexity index is 1470. The molecule has 0 saturated carbocycles. The van der Waals surface area contributed by atoms with E-state index in [0.717, 1.165) is 24.1 Å². The number of nitrogens with zero attached hydrogens (tertiary/aromatic N) is 2. The molecule has 0 bridgehead atoms. The third kappa shape index (κ3) is 5.21. The highest BCUT2D eigenvalue weighted by atomic mass is 35.5. The number of dihydropyridines is 1. The average Bonchev–Trinajstić information content (AvgIpc) is 3.47. The van der Waals surface area contributed by atoms with Crippen LogP contribution in [0.1, 0.15) is 30.6 Å². The molecule has 5 rings (SSSR count). The normalized spacial score (nSPS) is 17.0. The van der Waals surface area contributed by atoms with Gasteiger partial charge in [0.15, 0.2) is 0 Å². The van der Waals surface area contributed by atoms with Crippen LogP contribution in [0.2, 0.25) is 5.02 Å². The van der Waals surface area contributed by atoms with Gasteiger partial charge >= 0.3 is 0 Å². The number of halogens is 1. The molecule has 0 fully saturated rings. The fraction of sp³-hybridized carbons (Fsp3) is 0.207. The minimum atomic E-state index is -0.725. The van der Waals surface area contributed by atoms with Crippen molar-refractivity contribution in [2.45, 2.75) is 25.7 Å². The summed E-state index contributed by atoms with van der Waals surface area (Å²) >= 11 is 7.24. The van der Waals surface area contributed by atoms with E-state index in [-0.39, 0.29) is 17.6 Å². The smallest absolute Gasteiger partial charge is 0.254 e. The van der Waals surface area contributed by atoms with E-state index in [1.807, 2.05) is 23.1 Å². The maximum absolute atomic E-state index is 13.4. The molecule has 0 saturated heterocycles. The van der Waals surface area contributed by atoms with Gasteiger partial charge in [0.1, 0.15) is 5.76 Å². The zero-order valence-electron chi connectivity index (χ0n) is 20.7. The highest BCUT2D eigenvalue weighted by Gasteiger charge is 2.37. The van der Waals surface area contributed by atoms with Gasteiger partial charge in [0, 0.05) is 28.6 Å². The summed E-state index contributed by atoms with van der Waals surface area (Å²) in [6.07, 6.45) is 3.38. The first-order valence-electron chi connectivity index (χ1n) is 12.2. The van der Waals surface area contributed by atoms with Crippen LogP contribution in [0, 0.1) is 11.3 Å². The number of hydrogen-bond donors (Lipinski definition) is 2. The summed E-state index contributed by atoms with van der Waals surface area (Å²) in [6.45, 7) is 2.45. The lowest BCUT2D eigenvalue weighted by molar-refractivity contribution is -0.116. The number of nitriles is 1. The molecule has 192 valence electrons. The molecule has 38 heavy (non-hydrogen) atoms. The Morgan fingerprint density at radius 2 is 1.97 bits per heavy atom. The summed E-state index contributed by atoms with van der Waals surface area (Å²) in [4.78, 5) is 28.5. The molecule has 0 unspecified atom stereocenters. The van der Waals surface area contributed by atoms with E-state index in [0.29, 0.717) is 44.9 Å². The monoisotopic (exact) mass is 544 g/mol. The molecular weight excluding hydrogens is 520 g/mol. The third-order valence-corrected chi connectivity index (χ3v) is 7.83. The molecule has 0 aliphatic carbocycles. The predicted octanol–water partition coefficient (Wildman–Crippen LogP) is 5.98. The van der Waals surface area contributed by atoms with Gasteiger partial charge in [-0.05, 0) is 67.8 Å². The van der Waals surface area contributed by atoms with E-state index in [4.69, 9.17) is 16.0 Å². The van der Waals surface area contributed by atoms with Crippen molar-refractivity contribution in [3.05, 3.63) is 105 Å². The molecule has 0 radical (unpaired) electrons. The zero-order valence-corrected chi connectivity index (χ0v) is 22.2. The lowest BCUT2D eigenvalue weighted by Gasteiger charge is -2.31. The molecule has 2 aliphatic heterocycles. The Labute approximate surface area is 230 Å². The number of nitrogens with one attached hydrogen (secondary N) is 2. The number of aryl methyl sites for hydroxylation is 1. The van der Waals surface area contributed by atoms with E-state index < -0.39 is 5.92 Å². The van der Waals surface area contributed by atoms with Crippen molar-refractivity contribution in [1.82, 2.24) is 5.32 Å². The fourth-order valence-corrected chi connectivity index (χ4v) is 5.90. The Balaban J connectivity index is 1.40. The molecule has 1 atom stereocenters. The van der Waals surface area contributed by atoms with Crippen LogP contribution in [0.3, 0.4) is 0 Å². The summed E-state index contributed by atoms with van der Waals surface area (Å²) in [5, 5.41) is 17.4.